The molecule has 2 atom stereocenters. The van der Waals surface area contributed by atoms with Gasteiger partial charge in [0.15, 0.2) is 0 Å². The first-order chi connectivity index (χ1) is 15.1. The third kappa shape index (κ3) is 5.45. The monoisotopic (exact) mass is 440 g/mol. The summed E-state index contributed by atoms with van der Waals surface area (Å²) in [5.74, 6) is -2.22. The van der Waals surface area contributed by atoms with Gasteiger partial charge in [-0.1, -0.05) is 48.5 Å². The summed E-state index contributed by atoms with van der Waals surface area (Å²) in [4.78, 5) is 36.2. The van der Waals surface area contributed by atoms with E-state index in [1.165, 1.54) is 0 Å². The molecule has 8 heteroatoms. The molecular formula is C24H28N2O6. The Morgan fingerprint density at radius 3 is 2.06 bits per heavy atom. The van der Waals surface area contributed by atoms with Gasteiger partial charge in [0.25, 0.3) is 0 Å². The van der Waals surface area contributed by atoms with Crippen LogP contribution in [0.3, 0.4) is 0 Å². The number of carbonyl (C=O) groups excluding carboxylic acids is 2. The molecule has 4 N–H and O–H groups in total. The van der Waals surface area contributed by atoms with Crippen LogP contribution in [0, 0.1) is 0 Å². The predicted molar refractivity (Wildman–Crippen MR) is 118 cm³/mol. The molecule has 32 heavy (non-hydrogen) atoms. The van der Waals surface area contributed by atoms with Crippen molar-refractivity contribution >= 4 is 18.0 Å². The number of benzene rings is 2. The van der Waals surface area contributed by atoms with E-state index in [2.05, 4.69) is 5.32 Å². The summed E-state index contributed by atoms with van der Waals surface area (Å²) in [6, 6.07) is 13.2. The van der Waals surface area contributed by atoms with Crippen LogP contribution < -0.4 is 11.1 Å². The van der Waals surface area contributed by atoms with Crippen LogP contribution >= 0.6 is 0 Å². The van der Waals surface area contributed by atoms with Crippen molar-refractivity contribution in [2.45, 2.75) is 50.8 Å². The Labute approximate surface area is 186 Å². The topological polar surface area (TPSA) is 128 Å². The third-order valence-corrected chi connectivity index (χ3v) is 5.14. The quantitative estimate of drug-likeness (QED) is 0.565. The van der Waals surface area contributed by atoms with Crippen LogP contribution in [0.1, 0.15) is 44.2 Å². The van der Waals surface area contributed by atoms with Gasteiger partial charge in [-0.3, -0.25) is 4.79 Å². The lowest BCUT2D eigenvalue weighted by Gasteiger charge is -2.24. The summed E-state index contributed by atoms with van der Waals surface area (Å²) in [7, 11) is 0. The van der Waals surface area contributed by atoms with Crippen LogP contribution in [-0.4, -0.2) is 47.4 Å². The minimum absolute atomic E-state index is 0.0433. The van der Waals surface area contributed by atoms with Gasteiger partial charge in [0.1, 0.15) is 24.3 Å². The Kier molecular flexibility index (Phi) is 6.84. The van der Waals surface area contributed by atoms with Crippen molar-refractivity contribution in [2.24, 2.45) is 5.73 Å². The van der Waals surface area contributed by atoms with E-state index in [-0.39, 0.29) is 18.9 Å². The van der Waals surface area contributed by atoms with Crippen LogP contribution in [-0.2, 0) is 19.1 Å². The van der Waals surface area contributed by atoms with Crippen molar-refractivity contribution in [1.29, 1.82) is 0 Å². The number of nitrogens with two attached hydrogens (primary N) is 1. The number of hydrogen-bond acceptors (Lipinski definition) is 6. The fourth-order valence-electron chi connectivity index (χ4n) is 3.72. The van der Waals surface area contributed by atoms with Gasteiger partial charge >= 0.3 is 18.0 Å². The number of carboxylic acids is 1. The van der Waals surface area contributed by atoms with Crippen molar-refractivity contribution in [1.82, 2.24) is 5.32 Å². The molecule has 0 bridgehead atoms. The smallest absolute Gasteiger partial charge is 0.408 e. The number of ether oxygens (including phenoxy) is 2. The molecule has 0 radical (unpaired) electrons. The second-order valence-electron chi connectivity index (χ2n) is 8.74. The van der Waals surface area contributed by atoms with E-state index in [9.17, 15) is 14.4 Å². The number of esters is 1. The van der Waals surface area contributed by atoms with E-state index in [0.29, 0.717) is 0 Å². The predicted octanol–water partition coefficient (Wildman–Crippen LogP) is 3.04. The first kappa shape index (κ1) is 23.3. The minimum atomic E-state index is -1.35. The number of carboxylic acid groups (broad SMARTS) is 1. The molecule has 0 aliphatic heterocycles. The largest absolute Gasteiger partial charge is 0.480 e. The van der Waals surface area contributed by atoms with Crippen molar-refractivity contribution < 1.29 is 29.0 Å². The van der Waals surface area contributed by atoms with Crippen molar-refractivity contribution in [2.75, 3.05) is 6.61 Å². The van der Waals surface area contributed by atoms with Gasteiger partial charge in [-0.2, -0.15) is 0 Å². The van der Waals surface area contributed by atoms with Crippen LogP contribution in [0.25, 0.3) is 11.1 Å². The maximum Gasteiger partial charge on any atom is 0.408 e. The summed E-state index contributed by atoms with van der Waals surface area (Å²) in [6.07, 6.45) is -1.18. The zero-order chi connectivity index (χ0) is 23.5. The van der Waals surface area contributed by atoms with E-state index >= 15 is 0 Å². The zero-order valence-electron chi connectivity index (χ0n) is 18.3. The van der Waals surface area contributed by atoms with E-state index in [4.69, 9.17) is 20.3 Å². The number of fused-ring (bicyclic) bond motifs is 3. The molecule has 3 rings (SSSR count). The number of rotatable bonds is 7. The number of amides is 1. The molecule has 0 saturated heterocycles. The second-order valence-corrected chi connectivity index (χ2v) is 8.74. The van der Waals surface area contributed by atoms with Crippen LogP contribution in [0.4, 0.5) is 4.79 Å². The lowest BCUT2D eigenvalue weighted by atomic mass is 9.98. The molecule has 2 aromatic rings. The highest BCUT2D eigenvalue weighted by Gasteiger charge is 2.33. The number of aliphatic carboxylic acids is 1. The van der Waals surface area contributed by atoms with Crippen LogP contribution in [0.15, 0.2) is 48.5 Å². The fourth-order valence-corrected chi connectivity index (χ4v) is 3.72. The SMILES string of the molecule is CC(C)(C)OC(=O)N[C@H](C[C@@H](N)C(=O)O)C(=O)OCC1c2ccccc2-c2ccccc21. The summed E-state index contributed by atoms with van der Waals surface area (Å²) in [5, 5.41) is 11.5. The molecule has 170 valence electrons. The number of carbonyl (C=O) groups is 3. The Hall–Kier alpha value is -3.39. The molecule has 2 aromatic carbocycles. The minimum Gasteiger partial charge on any atom is -0.480 e. The molecule has 0 heterocycles. The van der Waals surface area contributed by atoms with E-state index in [1.54, 1.807) is 20.8 Å². The molecule has 0 fully saturated rings. The van der Waals surface area contributed by atoms with Crippen molar-refractivity contribution in [3.8, 4) is 11.1 Å². The first-order valence-corrected chi connectivity index (χ1v) is 10.4. The molecule has 0 aromatic heterocycles. The standard InChI is InChI=1S/C24H28N2O6/c1-24(2,3)32-23(30)26-20(12-19(25)21(27)28)22(29)31-13-18-16-10-6-4-8-14(16)15-9-5-7-11-17(15)18/h4-11,18-20H,12-13,25H2,1-3H3,(H,26,30)(H,27,28)/t19-,20-/m1/s1. The van der Waals surface area contributed by atoms with E-state index in [1.807, 2.05) is 48.5 Å². The fraction of sp³-hybridized carbons (Fsp3) is 0.375. The lowest BCUT2D eigenvalue weighted by molar-refractivity contribution is -0.147. The molecular weight excluding hydrogens is 412 g/mol. The van der Waals surface area contributed by atoms with Gasteiger partial charge in [-0.25, -0.2) is 9.59 Å². The summed E-state index contributed by atoms with van der Waals surface area (Å²) < 4.78 is 10.7. The van der Waals surface area contributed by atoms with Crippen LogP contribution in [0.5, 0.6) is 0 Å². The highest BCUT2D eigenvalue weighted by molar-refractivity contribution is 5.83. The van der Waals surface area contributed by atoms with Gasteiger partial charge in [-0.05, 0) is 43.0 Å². The maximum atomic E-state index is 12.8. The normalized spacial score (nSPS) is 14.6. The van der Waals surface area contributed by atoms with Gasteiger partial charge in [0.2, 0.25) is 0 Å². The second kappa shape index (κ2) is 9.40. The Balaban J connectivity index is 1.74. The number of hydrogen-bond donors (Lipinski definition) is 3. The van der Waals surface area contributed by atoms with Crippen molar-refractivity contribution in [3.05, 3.63) is 59.7 Å². The highest BCUT2D eigenvalue weighted by atomic mass is 16.6. The van der Waals surface area contributed by atoms with Crippen molar-refractivity contribution in [3.63, 3.8) is 0 Å². The van der Waals surface area contributed by atoms with Crippen LogP contribution in [0.2, 0.25) is 0 Å². The number of nitrogens with one attached hydrogen (secondary N) is 1. The summed E-state index contributed by atoms with van der Waals surface area (Å²) in [6.45, 7) is 5.08. The zero-order valence-corrected chi connectivity index (χ0v) is 18.3. The molecule has 0 spiro atoms. The van der Waals surface area contributed by atoms with Gasteiger partial charge in [0.05, 0.1) is 0 Å². The average Bonchev–Trinajstić information content (AvgIpc) is 3.04. The summed E-state index contributed by atoms with van der Waals surface area (Å²) >= 11 is 0. The van der Waals surface area contributed by atoms with Gasteiger partial charge in [-0.15, -0.1) is 0 Å². The molecule has 1 aliphatic rings. The average molecular weight is 440 g/mol. The van der Waals surface area contributed by atoms with Gasteiger partial charge in [0, 0.05) is 12.3 Å². The van der Waals surface area contributed by atoms with E-state index < -0.39 is 35.7 Å². The Morgan fingerprint density at radius 2 is 1.56 bits per heavy atom. The molecule has 1 amide bonds. The van der Waals surface area contributed by atoms with Gasteiger partial charge < -0.3 is 25.6 Å². The Morgan fingerprint density at radius 1 is 1.03 bits per heavy atom. The lowest BCUT2D eigenvalue weighted by Crippen LogP contribution is -2.48. The molecule has 1 aliphatic carbocycles. The third-order valence-electron chi connectivity index (χ3n) is 5.14. The van der Waals surface area contributed by atoms with E-state index in [0.717, 1.165) is 22.3 Å². The summed E-state index contributed by atoms with van der Waals surface area (Å²) in [5.41, 5.74) is 9.07. The number of alkyl carbamates (subject to hydrolysis) is 1. The maximum absolute atomic E-state index is 12.8. The first-order valence-electron chi connectivity index (χ1n) is 10.4. The molecule has 0 unspecified atom stereocenters. The molecule has 8 nitrogen and oxygen atoms in total. The molecule has 0 saturated carbocycles. The Bertz CT molecular complexity index is 968. The highest BCUT2D eigenvalue weighted by Crippen LogP contribution is 2.44.